The van der Waals surface area contributed by atoms with Gasteiger partial charge in [-0.25, -0.2) is 9.97 Å². The first-order valence-corrected chi connectivity index (χ1v) is 8.74. The fourth-order valence-electron chi connectivity index (χ4n) is 3.18. The molecule has 2 aromatic carbocycles. The fraction of sp³-hybridized carbons (Fsp3) is 0.300. The third-order valence-electron chi connectivity index (χ3n) is 4.16. The second kappa shape index (κ2) is 7.28. The van der Waals surface area contributed by atoms with Gasteiger partial charge in [0, 0.05) is 10.4 Å². The number of ether oxygens (including phenoxy) is 1. The van der Waals surface area contributed by atoms with Crippen molar-refractivity contribution in [2.45, 2.75) is 33.6 Å². The van der Waals surface area contributed by atoms with Crippen LogP contribution in [0.5, 0.6) is 5.75 Å². The number of hydrogen-bond acceptors (Lipinski definition) is 4. The maximum atomic E-state index is 6.11. The summed E-state index contributed by atoms with van der Waals surface area (Å²) in [4.78, 5) is 8.65. The first kappa shape index (κ1) is 17.5. The number of anilines is 1. The Morgan fingerprint density at radius 1 is 1.04 bits per heavy atom. The number of nitrogens with zero attached hydrogens (tertiary/aromatic N) is 2. The zero-order valence-corrected chi connectivity index (χ0v) is 15.5. The van der Waals surface area contributed by atoms with Crippen LogP contribution in [0.25, 0.3) is 10.9 Å². The Balaban J connectivity index is 1.71. The molecule has 0 amide bonds. The molecule has 0 atom stereocenters. The van der Waals surface area contributed by atoms with E-state index in [1.165, 1.54) is 16.7 Å². The maximum Gasteiger partial charge on any atom is 0.220 e. The van der Waals surface area contributed by atoms with Crippen molar-refractivity contribution >= 4 is 28.5 Å². The first-order valence-electron chi connectivity index (χ1n) is 8.36. The molecular formula is C20H22ClN3O. The lowest BCUT2D eigenvalue weighted by atomic mass is 10.1. The van der Waals surface area contributed by atoms with E-state index in [4.69, 9.17) is 22.1 Å². The summed E-state index contributed by atoms with van der Waals surface area (Å²) in [5.74, 6) is 1.26. The lowest BCUT2D eigenvalue weighted by Gasteiger charge is -2.13. The SMILES string of the molecule is Cc1cc(C)c(OCCCc2nc(N)nc3ccc(Cl)cc23)c(C)c1. The summed E-state index contributed by atoms with van der Waals surface area (Å²) in [5, 5.41) is 1.62. The molecule has 0 spiro atoms. The van der Waals surface area contributed by atoms with Gasteiger partial charge in [-0.1, -0.05) is 29.3 Å². The average Bonchev–Trinajstić information content (AvgIpc) is 2.53. The van der Waals surface area contributed by atoms with E-state index < -0.39 is 0 Å². The lowest BCUT2D eigenvalue weighted by molar-refractivity contribution is 0.306. The highest BCUT2D eigenvalue weighted by Crippen LogP contribution is 2.25. The molecule has 0 radical (unpaired) electrons. The molecular weight excluding hydrogens is 334 g/mol. The van der Waals surface area contributed by atoms with Crippen LogP contribution >= 0.6 is 11.6 Å². The van der Waals surface area contributed by atoms with Crippen LogP contribution in [0.4, 0.5) is 5.95 Å². The second-order valence-electron chi connectivity index (χ2n) is 6.37. The predicted octanol–water partition coefficient (Wildman–Crippen LogP) is 4.80. The Hall–Kier alpha value is -2.33. The number of fused-ring (bicyclic) bond motifs is 1. The molecule has 1 heterocycles. The summed E-state index contributed by atoms with van der Waals surface area (Å²) in [6.45, 7) is 6.88. The van der Waals surface area contributed by atoms with Crippen molar-refractivity contribution in [2.75, 3.05) is 12.3 Å². The van der Waals surface area contributed by atoms with E-state index >= 15 is 0 Å². The van der Waals surface area contributed by atoms with Gasteiger partial charge in [-0.05, 0) is 62.9 Å². The van der Waals surface area contributed by atoms with Gasteiger partial charge in [0.25, 0.3) is 0 Å². The van der Waals surface area contributed by atoms with Crippen molar-refractivity contribution in [3.8, 4) is 5.75 Å². The van der Waals surface area contributed by atoms with E-state index in [1.807, 2.05) is 18.2 Å². The molecule has 3 aromatic rings. The summed E-state index contributed by atoms with van der Waals surface area (Å²) >= 11 is 6.11. The first-order chi connectivity index (χ1) is 11.9. The van der Waals surface area contributed by atoms with Gasteiger partial charge in [0.05, 0.1) is 17.8 Å². The molecule has 0 bridgehead atoms. The Morgan fingerprint density at radius 3 is 2.48 bits per heavy atom. The number of benzene rings is 2. The van der Waals surface area contributed by atoms with Crippen LogP contribution in [0, 0.1) is 20.8 Å². The van der Waals surface area contributed by atoms with Gasteiger partial charge < -0.3 is 10.5 Å². The van der Waals surface area contributed by atoms with Crippen molar-refractivity contribution in [2.24, 2.45) is 0 Å². The molecule has 0 saturated carbocycles. The van der Waals surface area contributed by atoms with E-state index in [0.717, 1.165) is 35.2 Å². The summed E-state index contributed by atoms with van der Waals surface area (Å²) in [5.41, 5.74) is 11.1. The second-order valence-corrected chi connectivity index (χ2v) is 6.81. The third kappa shape index (κ3) is 4.02. The molecule has 0 aliphatic carbocycles. The summed E-state index contributed by atoms with van der Waals surface area (Å²) < 4.78 is 6.01. The van der Waals surface area contributed by atoms with Crippen molar-refractivity contribution in [1.29, 1.82) is 0 Å². The highest BCUT2D eigenvalue weighted by Gasteiger charge is 2.09. The van der Waals surface area contributed by atoms with Gasteiger partial charge in [0.2, 0.25) is 5.95 Å². The van der Waals surface area contributed by atoms with E-state index in [1.54, 1.807) is 0 Å². The number of halogens is 1. The molecule has 0 aliphatic heterocycles. The average molecular weight is 356 g/mol. The molecule has 0 saturated heterocycles. The molecule has 0 fully saturated rings. The number of nitrogen functional groups attached to an aromatic ring is 1. The van der Waals surface area contributed by atoms with Gasteiger partial charge in [0.15, 0.2) is 0 Å². The number of aromatic nitrogens is 2. The predicted molar refractivity (Wildman–Crippen MR) is 103 cm³/mol. The molecule has 3 rings (SSSR count). The van der Waals surface area contributed by atoms with Crippen molar-refractivity contribution < 1.29 is 4.74 Å². The normalized spacial score (nSPS) is 11.0. The molecule has 5 heteroatoms. The molecule has 1 aromatic heterocycles. The number of nitrogens with two attached hydrogens (primary N) is 1. The quantitative estimate of drug-likeness (QED) is 0.667. The van der Waals surface area contributed by atoms with Gasteiger partial charge in [-0.15, -0.1) is 0 Å². The molecule has 0 aliphatic rings. The third-order valence-corrected chi connectivity index (χ3v) is 4.40. The largest absolute Gasteiger partial charge is 0.493 e. The maximum absolute atomic E-state index is 6.11. The standard InChI is InChI=1S/C20H22ClN3O/c1-12-9-13(2)19(14(3)10-12)25-8-4-5-17-16-11-15(21)6-7-18(16)24-20(22)23-17/h6-7,9-11H,4-5,8H2,1-3H3,(H2,22,23,24). The van der Waals surface area contributed by atoms with Crippen LogP contribution in [-0.2, 0) is 6.42 Å². The highest BCUT2D eigenvalue weighted by atomic mass is 35.5. The van der Waals surface area contributed by atoms with Gasteiger partial charge in [-0.3, -0.25) is 0 Å². The zero-order valence-electron chi connectivity index (χ0n) is 14.8. The topological polar surface area (TPSA) is 61.0 Å². The van der Waals surface area contributed by atoms with Crippen molar-refractivity contribution in [3.05, 3.63) is 57.7 Å². The number of hydrogen-bond donors (Lipinski definition) is 1. The number of aryl methyl sites for hydroxylation is 4. The van der Waals surface area contributed by atoms with Crippen molar-refractivity contribution in [3.63, 3.8) is 0 Å². The molecule has 2 N–H and O–H groups in total. The molecule has 4 nitrogen and oxygen atoms in total. The molecule has 25 heavy (non-hydrogen) atoms. The summed E-state index contributed by atoms with van der Waals surface area (Å²) in [7, 11) is 0. The minimum atomic E-state index is 0.288. The Kier molecular flexibility index (Phi) is 5.09. The van der Waals surface area contributed by atoms with Crippen LogP contribution in [0.1, 0.15) is 28.8 Å². The van der Waals surface area contributed by atoms with Gasteiger partial charge >= 0.3 is 0 Å². The smallest absolute Gasteiger partial charge is 0.220 e. The van der Waals surface area contributed by atoms with Crippen LogP contribution in [0.15, 0.2) is 30.3 Å². The van der Waals surface area contributed by atoms with Crippen LogP contribution < -0.4 is 10.5 Å². The fourth-order valence-corrected chi connectivity index (χ4v) is 3.35. The van der Waals surface area contributed by atoms with Crippen LogP contribution in [-0.4, -0.2) is 16.6 Å². The highest BCUT2D eigenvalue weighted by molar-refractivity contribution is 6.31. The van der Waals surface area contributed by atoms with Crippen LogP contribution in [0.2, 0.25) is 5.02 Å². The lowest BCUT2D eigenvalue weighted by Crippen LogP contribution is -2.05. The summed E-state index contributed by atoms with van der Waals surface area (Å²) in [6.07, 6.45) is 1.60. The number of rotatable bonds is 5. The van der Waals surface area contributed by atoms with Crippen molar-refractivity contribution in [1.82, 2.24) is 9.97 Å². The molecule has 130 valence electrons. The van der Waals surface area contributed by atoms with Gasteiger partial charge in [-0.2, -0.15) is 0 Å². The zero-order chi connectivity index (χ0) is 18.0. The minimum Gasteiger partial charge on any atom is -0.493 e. The minimum absolute atomic E-state index is 0.288. The summed E-state index contributed by atoms with van der Waals surface area (Å²) in [6, 6.07) is 9.85. The Labute approximate surface area is 153 Å². The van der Waals surface area contributed by atoms with Gasteiger partial charge in [0.1, 0.15) is 5.75 Å². The van der Waals surface area contributed by atoms with Crippen LogP contribution in [0.3, 0.4) is 0 Å². The van der Waals surface area contributed by atoms with E-state index in [2.05, 4.69) is 42.9 Å². The Morgan fingerprint density at radius 2 is 1.76 bits per heavy atom. The molecule has 0 unspecified atom stereocenters. The van der Waals surface area contributed by atoms with E-state index in [0.29, 0.717) is 11.6 Å². The monoisotopic (exact) mass is 355 g/mol. The van der Waals surface area contributed by atoms with E-state index in [9.17, 15) is 0 Å². The Bertz CT molecular complexity index is 901. The van der Waals surface area contributed by atoms with E-state index in [-0.39, 0.29) is 5.95 Å².